The van der Waals surface area contributed by atoms with E-state index in [0.717, 1.165) is 0 Å². The monoisotopic (exact) mass is 270 g/mol. The van der Waals surface area contributed by atoms with Crippen molar-refractivity contribution in [2.24, 2.45) is 12.9 Å². The Kier molecular flexibility index (Phi) is 4.40. The van der Waals surface area contributed by atoms with Crippen molar-refractivity contribution in [2.45, 2.75) is 32.0 Å². The van der Waals surface area contributed by atoms with Gasteiger partial charge in [0, 0.05) is 19.5 Å². The first-order valence-electron chi connectivity index (χ1n) is 4.95. The van der Waals surface area contributed by atoms with Gasteiger partial charge in [0.15, 0.2) is 0 Å². The predicted molar refractivity (Wildman–Crippen MR) is 58.4 cm³/mol. The van der Waals surface area contributed by atoms with Crippen LogP contribution in [-0.4, -0.2) is 22.0 Å². The summed E-state index contributed by atoms with van der Waals surface area (Å²) in [5.74, 6) is 5.11. The summed E-state index contributed by atoms with van der Waals surface area (Å²) in [6.45, 7) is 1.69. The minimum absolute atomic E-state index is 0.0756. The molecule has 8 heteroatoms. The van der Waals surface area contributed by atoms with Crippen LogP contribution in [0.15, 0.2) is 0 Å². The zero-order chi connectivity index (χ0) is 13.2. The summed E-state index contributed by atoms with van der Waals surface area (Å²) in [5.41, 5.74) is 3.28. The Hall–Kier alpha value is -0.790. The minimum Gasteiger partial charge on any atom is -0.271 e. The van der Waals surface area contributed by atoms with E-state index in [4.69, 9.17) is 17.4 Å². The summed E-state index contributed by atoms with van der Waals surface area (Å²) >= 11 is 5.95. The molecular weight excluding hydrogens is 257 g/mol. The smallest absolute Gasteiger partial charge is 0.271 e. The van der Waals surface area contributed by atoms with Crippen molar-refractivity contribution in [3.05, 3.63) is 16.4 Å². The first-order valence-corrected chi connectivity index (χ1v) is 5.33. The third-order valence-corrected chi connectivity index (χ3v) is 2.91. The van der Waals surface area contributed by atoms with Crippen LogP contribution in [0.5, 0.6) is 0 Å². The molecule has 98 valence electrons. The van der Waals surface area contributed by atoms with Crippen LogP contribution in [-0.2, 0) is 13.5 Å². The minimum atomic E-state index is -4.27. The molecule has 0 fully saturated rings. The van der Waals surface area contributed by atoms with E-state index >= 15 is 0 Å². The highest BCUT2D eigenvalue weighted by Gasteiger charge is 2.32. The Morgan fingerprint density at radius 3 is 2.47 bits per heavy atom. The highest BCUT2D eigenvalue weighted by molar-refractivity contribution is 6.31. The number of nitrogens with one attached hydrogen (secondary N) is 1. The molecule has 1 atom stereocenters. The molecule has 0 aliphatic heterocycles. The Morgan fingerprint density at radius 2 is 2.12 bits per heavy atom. The Balaban J connectivity index is 2.81. The number of halogens is 4. The number of aryl methyl sites for hydroxylation is 2. The molecule has 1 aromatic heterocycles. The molecule has 4 nitrogen and oxygen atoms in total. The van der Waals surface area contributed by atoms with E-state index in [1.165, 1.54) is 4.68 Å². The summed E-state index contributed by atoms with van der Waals surface area (Å²) in [7, 11) is 1.63. The van der Waals surface area contributed by atoms with Gasteiger partial charge in [-0.3, -0.25) is 16.0 Å². The molecule has 0 radical (unpaired) electrons. The van der Waals surface area contributed by atoms with E-state index in [-0.39, 0.29) is 6.42 Å². The molecule has 0 aliphatic carbocycles. The van der Waals surface area contributed by atoms with Crippen LogP contribution >= 0.6 is 11.6 Å². The van der Waals surface area contributed by atoms with Gasteiger partial charge in [-0.2, -0.15) is 18.3 Å². The fraction of sp³-hybridized carbons (Fsp3) is 0.667. The van der Waals surface area contributed by atoms with E-state index in [1.54, 1.807) is 14.0 Å². The number of hydrogen-bond donors (Lipinski definition) is 2. The molecule has 0 aliphatic rings. The summed E-state index contributed by atoms with van der Waals surface area (Å²) in [5, 5.41) is 4.41. The van der Waals surface area contributed by atoms with Crippen molar-refractivity contribution in [3.8, 4) is 0 Å². The lowest BCUT2D eigenvalue weighted by atomic mass is 10.1. The largest absolute Gasteiger partial charge is 0.390 e. The first-order chi connectivity index (χ1) is 7.74. The third kappa shape index (κ3) is 3.86. The van der Waals surface area contributed by atoms with E-state index in [0.29, 0.717) is 16.4 Å². The first kappa shape index (κ1) is 14.3. The van der Waals surface area contributed by atoms with E-state index in [9.17, 15) is 13.2 Å². The van der Waals surface area contributed by atoms with E-state index < -0.39 is 18.6 Å². The number of hydrogen-bond acceptors (Lipinski definition) is 3. The van der Waals surface area contributed by atoms with Crippen LogP contribution < -0.4 is 11.3 Å². The molecule has 0 saturated heterocycles. The topological polar surface area (TPSA) is 55.9 Å². The Labute approximate surface area is 102 Å². The van der Waals surface area contributed by atoms with Crippen LogP contribution in [0.4, 0.5) is 13.2 Å². The third-order valence-electron chi connectivity index (χ3n) is 2.41. The maximum absolute atomic E-state index is 12.3. The van der Waals surface area contributed by atoms with Gasteiger partial charge in [0.05, 0.1) is 22.8 Å². The van der Waals surface area contributed by atoms with E-state index in [2.05, 4.69) is 10.5 Å². The van der Waals surface area contributed by atoms with Crippen molar-refractivity contribution >= 4 is 11.6 Å². The molecule has 0 saturated carbocycles. The average molecular weight is 271 g/mol. The quantitative estimate of drug-likeness (QED) is 0.647. The lowest BCUT2D eigenvalue weighted by molar-refractivity contribution is -0.140. The maximum Gasteiger partial charge on any atom is 0.390 e. The molecule has 3 N–H and O–H groups in total. The fourth-order valence-electron chi connectivity index (χ4n) is 1.60. The zero-order valence-electron chi connectivity index (χ0n) is 9.48. The Morgan fingerprint density at radius 1 is 1.53 bits per heavy atom. The van der Waals surface area contributed by atoms with Gasteiger partial charge in [0.25, 0.3) is 0 Å². The lowest BCUT2D eigenvalue weighted by Gasteiger charge is -2.17. The normalized spacial score (nSPS) is 14.1. The Bertz CT molecular complexity index is 388. The molecule has 0 bridgehead atoms. The van der Waals surface area contributed by atoms with Crippen molar-refractivity contribution < 1.29 is 13.2 Å². The van der Waals surface area contributed by atoms with Crippen molar-refractivity contribution in [3.63, 3.8) is 0 Å². The molecule has 1 rings (SSSR count). The molecule has 1 unspecified atom stereocenters. The van der Waals surface area contributed by atoms with Crippen molar-refractivity contribution in [1.82, 2.24) is 15.2 Å². The van der Waals surface area contributed by atoms with Gasteiger partial charge in [-0.25, -0.2) is 0 Å². The summed E-state index contributed by atoms with van der Waals surface area (Å²) in [6, 6.07) is -0.915. The number of alkyl halides is 3. The second kappa shape index (κ2) is 5.24. The van der Waals surface area contributed by atoms with Crippen molar-refractivity contribution in [1.29, 1.82) is 0 Å². The van der Waals surface area contributed by atoms with Crippen LogP contribution in [0.3, 0.4) is 0 Å². The number of hydrazine groups is 1. The zero-order valence-corrected chi connectivity index (χ0v) is 10.2. The molecular formula is C9H14ClF3N4. The average Bonchev–Trinajstić information content (AvgIpc) is 2.42. The van der Waals surface area contributed by atoms with Crippen LogP contribution in [0, 0.1) is 6.92 Å². The molecule has 1 aromatic rings. The standard InChI is InChI=1S/C9H14ClF3N4/c1-5-8(10)7(17(2)16-5)3-6(15-14)4-9(11,12)13/h6,15H,3-4,14H2,1-2H3. The fourth-order valence-corrected chi connectivity index (χ4v) is 1.84. The highest BCUT2D eigenvalue weighted by Crippen LogP contribution is 2.25. The summed E-state index contributed by atoms with van der Waals surface area (Å²) in [4.78, 5) is 0. The number of rotatable bonds is 4. The number of aromatic nitrogens is 2. The molecule has 17 heavy (non-hydrogen) atoms. The molecule has 0 amide bonds. The van der Waals surface area contributed by atoms with Crippen LogP contribution in [0.2, 0.25) is 5.02 Å². The van der Waals surface area contributed by atoms with Gasteiger partial charge in [0.1, 0.15) is 0 Å². The van der Waals surface area contributed by atoms with Gasteiger partial charge < -0.3 is 0 Å². The van der Waals surface area contributed by atoms with Gasteiger partial charge >= 0.3 is 6.18 Å². The van der Waals surface area contributed by atoms with E-state index in [1.807, 2.05) is 0 Å². The highest BCUT2D eigenvalue weighted by atomic mass is 35.5. The molecule has 0 spiro atoms. The predicted octanol–water partition coefficient (Wildman–Crippen LogP) is 1.71. The lowest BCUT2D eigenvalue weighted by Crippen LogP contribution is -2.40. The summed E-state index contributed by atoms with van der Waals surface area (Å²) < 4.78 is 38.2. The maximum atomic E-state index is 12.3. The second-order valence-electron chi connectivity index (χ2n) is 3.86. The summed E-state index contributed by atoms with van der Waals surface area (Å²) in [6.07, 6.45) is -5.20. The number of nitrogens with two attached hydrogens (primary N) is 1. The molecule has 1 heterocycles. The van der Waals surface area contributed by atoms with Crippen molar-refractivity contribution in [2.75, 3.05) is 0 Å². The van der Waals surface area contributed by atoms with Gasteiger partial charge in [-0.1, -0.05) is 11.6 Å². The number of nitrogens with zero attached hydrogens (tertiary/aromatic N) is 2. The van der Waals surface area contributed by atoms with Gasteiger partial charge in [0.2, 0.25) is 0 Å². The SMILES string of the molecule is Cc1nn(C)c(CC(CC(F)(F)F)NN)c1Cl. The van der Waals surface area contributed by atoms with Gasteiger partial charge in [-0.15, -0.1) is 0 Å². The van der Waals surface area contributed by atoms with Crippen LogP contribution in [0.1, 0.15) is 17.8 Å². The second-order valence-corrected chi connectivity index (χ2v) is 4.23. The van der Waals surface area contributed by atoms with Crippen LogP contribution in [0.25, 0.3) is 0 Å². The molecule has 0 aromatic carbocycles. The van der Waals surface area contributed by atoms with Gasteiger partial charge in [-0.05, 0) is 6.92 Å².